The molecular weight excluding hydrogens is 422 g/mol. The Morgan fingerprint density at radius 2 is 1.83 bits per heavy atom. The van der Waals surface area contributed by atoms with Crippen LogP contribution < -0.4 is 10.1 Å². The summed E-state index contributed by atoms with van der Waals surface area (Å²) in [6, 6.07) is 14.7. The van der Waals surface area contributed by atoms with Crippen molar-refractivity contribution in [3.05, 3.63) is 69.6 Å². The molecule has 0 unspecified atom stereocenters. The molecule has 3 aromatic rings. The van der Waals surface area contributed by atoms with Crippen LogP contribution in [0.1, 0.15) is 27.7 Å². The zero-order valence-electron chi connectivity index (χ0n) is 17.0. The van der Waals surface area contributed by atoms with Crippen molar-refractivity contribution in [3.8, 4) is 16.9 Å². The highest BCUT2D eigenvalue weighted by Gasteiger charge is 2.25. The summed E-state index contributed by atoms with van der Waals surface area (Å²) in [5, 5.41) is 3.85. The Morgan fingerprint density at radius 1 is 1.10 bits per heavy atom. The number of carbonyl (C=O) groups excluding carboxylic acids is 2. The van der Waals surface area contributed by atoms with Gasteiger partial charge in [-0.25, -0.2) is 4.79 Å². The summed E-state index contributed by atoms with van der Waals surface area (Å²) < 4.78 is 10.8. The highest BCUT2D eigenvalue weighted by molar-refractivity contribution is 7.17. The number of carbonyl (C=O) groups is 2. The fourth-order valence-corrected chi connectivity index (χ4v) is 4.22. The molecule has 156 valence electrons. The minimum Gasteiger partial charge on any atom is -0.484 e. The number of benzene rings is 2. The summed E-state index contributed by atoms with van der Waals surface area (Å²) in [5.74, 6) is -0.229. The van der Waals surface area contributed by atoms with Gasteiger partial charge in [-0.2, -0.15) is 0 Å². The van der Waals surface area contributed by atoms with E-state index in [-0.39, 0.29) is 19.1 Å². The van der Waals surface area contributed by atoms with Crippen molar-refractivity contribution < 1.29 is 19.1 Å². The van der Waals surface area contributed by atoms with Gasteiger partial charge in [0.2, 0.25) is 0 Å². The third-order valence-corrected chi connectivity index (χ3v) is 5.58. The first-order chi connectivity index (χ1) is 14.4. The number of aryl methyl sites for hydroxylation is 2. The third kappa shape index (κ3) is 5.20. The maximum atomic E-state index is 12.7. The standard InChI is InChI=1S/C23H22ClNO4S/c1-4-28-23(27)21-20(16-8-10-17(24)11-9-16)15(3)30-22(21)25-19(26)13-29-18-7-5-6-14(2)12-18/h5-12H,4,13H2,1-3H3,(H,25,26). The van der Waals surface area contributed by atoms with Crippen LogP contribution in [0.5, 0.6) is 5.75 Å². The van der Waals surface area contributed by atoms with Gasteiger partial charge in [0.05, 0.1) is 6.61 Å². The fraction of sp³-hybridized carbons (Fsp3) is 0.217. The number of ether oxygens (including phenoxy) is 2. The van der Waals surface area contributed by atoms with Gasteiger partial charge in [-0.3, -0.25) is 4.79 Å². The summed E-state index contributed by atoms with van der Waals surface area (Å²) in [7, 11) is 0. The van der Waals surface area contributed by atoms with Crippen LogP contribution in [0, 0.1) is 13.8 Å². The van der Waals surface area contributed by atoms with Crippen LogP contribution in [-0.2, 0) is 9.53 Å². The van der Waals surface area contributed by atoms with Crippen molar-refractivity contribution >= 4 is 39.8 Å². The third-order valence-electron chi connectivity index (χ3n) is 4.31. The molecule has 1 aromatic heterocycles. The molecule has 0 atom stereocenters. The molecule has 0 bridgehead atoms. The van der Waals surface area contributed by atoms with Gasteiger partial charge >= 0.3 is 5.97 Å². The number of amides is 1. The number of rotatable bonds is 7. The average Bonchev–Trinajstić information content (AvgIpc) is 3.03. The number of halogens is 1. The highest BCUT2D eigenvalue weighted by Crippen LogP contribution is 2.40. The van der Waals surface area contributed by atoms with E-state index >= 15 is 0 Å². The molecule has 1 heterocycles. The van der Waals surface area contributed by atoms with Crippen molar-refractivity contribution in [1.29, 1.82) is 0 Å². The molecule has 0 saturated carbocycles. The highest BCUT2D eigenvalue weighted by atomic mass is 35.5. The van der Waals surface area contributed by atoms with Crippen LogP contribution in [0.15, 0.2) is 48.5 Å². The van der Waals surface area contributed by atoms with Crippen LogP contribution in [0.2, 0.25) is 5.02 Å². The molecule has 2 aromatic carbocycles. The van der Waals surface area contributed by atoms with E-state index in [4.69, 9.17) is 21.1 Å². The van der Waals surface area contributed by atoms with E-state index in [0.29, 0.717) is 21.3 Å². The molecule has 3 rings (SSSR count). The summed E-state index contributed by atoms with van der Waals surface area (Å²) in [6.07, 6.45) is 0. The van der Waals surface area contributed by atoms with Gasteiger partial charge in [0.1, 0.15) is 16.3 Å². The summed E-state index contributed by atoms with van der Waals surface area (Å²) in [6.45, 7) is 5.66. The number of thiophene rings is 1. The van der Waals surface area contributed by atoms with Crippen LogP contribution in [0.25, 0.3) is 11.1 Å². The smallest absolute Gasteiger partial charge is 0.341 e. The van der Waals surface area contributed by atoms with E-state index < -0.39 is 5.97 Å². The Bertz CT molecular complexity index is 1060. The zero-order valence-corrected chi connectivity index (χ0v) is 18.5. The van der Waals surface area contributed by atoms with Gasteiger partial charge in [0, 0.05) is 15.5 Å². The lowest BCUT2D eigenvalue weighted by molar-refractivity contribution is -0.118. The van der Waals surface area contributed by atoms with Crippen LogP contribution >= 0.6 is 22.9 Å². The molecule has 0 aliphatic rings. The number of anilines is 1. The Kier molecular flexibility index (Phi) is 7.13. The molecule has 5 nitrogen and oxygen atoms in total. The first-order valence-electron chi connectivity index (χ1n) is 9.44. The van der Waals surface area contributed by atoms with Crippen molar-refractivity contribution in [2.75, 3.05) is 18.5 Å². The Labute approximate surface area is 184 Å². The molecule has 0 fully saturated rings. The van der Waals surface area contributed by atoms with E-state index in [1.54, 1.807) is 25.1 Å². The largest absolute Gasteiger partial charge is 0.484 e. The SMILES string of the molecule is CCOC(=O)c1c(NC(=O)COc2cccc(C)c2)sc(C)c1-c1ccc(Cl)cc1. The van der Waals surface area contributed by atoms with Gasteiger partial charge in [-0.15, -0.1) is 11.3 Å². The fourth-order valence-electron chi connectivity index (χ4n) is 3.01. The maximum Gasteiger partial charge on any atom is 0.341 e. The van der Waals surface area contributed by atoms with Gasteiger partial charge in [0.25, 0.3) is 5.91 Å². The van der Waals surface area contributed by atoms with Crippen LogP contribution in [0.4, 0.5) is 5.00 Å². The number of esters is 1. The Balaban J connectivity index is 1.86. The van der Waals surface area contributed by atoms with Gasteiger partial charge < -0.3 is 14.8 Å². The molecular formula is C23H22ClNO4S. The van der Waals surface area contributed by atoms with E-state index in [1.807, 2.05) is 44.2 Å². The second-order valence-corrected chi connectivity index (χ2v) is 8.28. The number of hydrogen-bond donors (Lipinski definition) is 1. The predicted molar refractivity (Wildman–Crippen MR) is 121 cm³/mol. The first kappa shape index (κ1) is 21.9. The lowest BCUT2D eigenvalue weighted by Gasteiger charge is -2.10. The molecule has 1 amide bonds. The predicted octanol–water partition coefficient (Wildman–Crippen LogP) is 5.88. The molecule has 1 N–H and O–H groups in total. The molecule has 0 saturated heterocycles. The van der Waals surface area contributed by atoms with Gasteiger partial charge in [0.15, 0.2) is 6.61 Å². The van der Waals surface area contributed by atoms with E-state index in [2.05, 4.69) is 5.32 Å². The Hall–Kier alpha value is -2.83. The van der Waals surface area contributed by atoms with Crippen molar-refractivity contribution in [1.82, 2.24) is 0 Å². The van der Waals surface area contributed by atoms with Crippen molar-refractivity contribution in [2.45, 2.75) is 20.8 Å². The zero-order chi connectivity index (χ0) is 21.7. The molecule has 30 heavy (non-hydrogen) atoms. The Morgan fingerprint density at radius 3 is 2.50 bits per heavy atom. The minimum atomic E-state index is -0.485. The summed E-state index contributed by atoms with van der Waals surface area (Å²) in [4.78, 5) is 26.1. The second kappa shape index (κ2) is 9.78. The van der Waals surface area contributed by atoms with E-state index in [0.717, 1.165) is 21.6 Å². The number of nitrogens with one attached hydrogen (secondary N) is 1. The van der Waals surface area contributed by atoms with Crippen molar-refractivity contribution in [2.24, 2.45) is 0 Å². The molecule has 0 aliphatic heterocycles. The van der Waals surface area contributed by atoms with E-state index in [1.165, 1.54) is 11.3 Å². The van der Waals surface area contributed by atoms with Crippen molar-refractivity contribution in [3.63, 3.8) is 0 Å². The van der Waals surface area contributed by atoms with Gasteiger partial charge in [-0.05, 0) is 56.2 Å². The molecule has 0 radical (unpaired) electrons. The van der Waals surface area contributed by atoms with Crippen LogP contribution in [-0.4, -0.2) is 25.1 Å². The van der Waals surface area contributed by atoms with Crippen LogP contribution in [0.3, 0.4) is 0 Å². The molecule has 0 spiro atoms. The monoisotopic (exact) mass is 443 g/mol. The summed E-state index contributed by atoms with van der Waals surface area (Å²) >= 11 is 7.33. The average molecular weight is 444 g/mol. The second-order valence-electron chi connectivity index (χ2n) is 6.62. The summed E-state index contributed by atoms with van der Waals surface area (Å²) in [5.41, 5.74) is 2.93. The lowest BCUT2D eigenvalue weighted by atomic mass is 10.0. The van der Waals surface area contributed by atoms with E-state index in [9.17, 15) is 9.59 Å². The lowest BCUT2D eigenvalue weighted by Crippen LogP contribution is -2.21. The van der Waals surface area contributed by atoms with Gasteiger partial charge in [-0.1, -0.05) is 35.9 Å². The molecule has 7 heteroatoms. The normalized spacial score (nSPS) is 10.5. The minimum absolute atomic E-state index is 0.168. The molecule has 0 aliphatic carbocycles. The first-order valence-corrected chi connectivity index (χ1v) is 10.6. The quantitative estimate of drug-likeness (QED) is 0.463. The number of hydrogen-bond acceptors (Lipinski definition) is 5. The topological polar surface area (TPSA) is 64.6 Å². The maximum absolute atomic E-state index is 12.7.